The van der Waals surface area contributed by atoms with Gasteiger partial charge in [0.25, 0.3) is 0 Å². The van der Waals surface area contributed by atoms with E-state index in [4.69, 9.17) is 4.42 Å². The number of alkyl halides is 3. The average molecular weight is 325 g/mol. The highest BCUT2D eigenvalue weighted by atomic mass is 19.4. The number of rotatable bonds is 3. The smallest absolute Gasteiger partial charge is 0.433 e. The van der Waals surface area contributed by atoms with E-state index in [-0.39, 0.29) is 5.82 Å². The second kappa shape index (κ2) is 5.63. The average Bonchev–Trinajstić information content (AvgIpc) is 3.09. The van der Waals surface area contributed by atoms with Gasteiger partial charge in [0.1, 0.15) is 17.3 Å². The molecule has 1 aliphatic heterocycles. The fourth-order valence-electron chi connectivity index (χ4n) is 3.07. The minimum absolute atomic E-state index is 0.230. The number of furan rings is 1. The van der Waals surface area contributed by atoms with Crippen LogP contribution in [0.5, 0.6) is 0 Å². The third-order valence-electron chi connectivity index (χ3n) is 4.34. The molecule has 124 valence electrons. The van der Waals surface area contributed by atoms with Crippen LogP contribution in [0.1, 0.15) is 42.7 Å². The van der Waals surface area contributed by atoms with Gasteiger partial charge in [0, 0.05) is 5.69 Å². The Labute approximate surface area is 132 Å². The summed E-state index contributed by atoms with van der Waals surface area (Å²) in [5, 5.41) is 0. The van der Waals surface area contributed by atoms with Crippen LogP contribution in [0.15, 0.2) is 28.9 Å². The van der Waals surface area contributed by atoms with Crippen LogP contribution in [-0.2, 0) is 18.3 Å². The topological polar surface area (TPSA) is 42.2 Å². The fourth-order valence-corrected chi connectivity index (χ4v) is 3.07. The van der Waals surface area contributed by atoms with Crippen molar-refractivity contribution in [1.82, 2.24) is 14.9 Å². The zero-order valence-corrected chi connectivity index (χ0v) is 13.0. The van der Waals surface area contributed by atoms with E-state index in [2.05, 4.69) is 14.9 Å². The van der Waals surface area contributed by atoms with Crippen LogP contribution in [-0.4, -0.2) is 21.4 Å². The monoisotopic (exact) mass is 325 g/mol. The molecule has 4 nitrogen and oxygen atoms in total. The van der Waals surface area contributed by atoms with E-state index in [1.54, 1.807) is 19.3 Å². The predicted molar refractivity (Wildman–Crippen MR) is 77.5 cm³/mol. The van der Waals surface area contributed by atoms with Gasteiger partial charge in [-0.2, -0.15) is 13.2 Å². The largest absolute Gasteiger partial charge is 0.468 e. The molecule has 1 aliphatic rings. The third kappa shape index (κ3) is 3.10. The first-order chi connectivity index (χ1) is 10.8. The summed E-state index contributed by atoms with van der Waals surface area (Å²) in [6.45, 7) is 4.77. The molecule has 3 heterocycles. The third-order valence-corrected chi connectivity index (χ3v) is 4.34. The maximum atomic E-state index is 13.0. The normalized spacial score (nSPS) is 22.7. The molecule has 1 saturated heterocycles. The van der Waals surface area contributed by atoms with E-state index in [9.17, 15) is 13.2 Å². The van der Waals surface area contributed by atoms with Gasteiger partial charge < -0.3 is 4.42 Å². The summed E-state index contributed by atoms with van der Waals surface area (Å²) in [7, 11) is 0. The standard InChI is InChI=1S/C16H18F3N3O/c1-11-9-13(16(17,18)19)21-14(20-11)15(2)6-4-7-22(15)10-12-5-3-8-23-12/h3,5,8-9H,4,6-7,10H2,1-2H3/t15-/m1/s1. The van der Waals surface area contributed by atoms with Crippen molar-refractivity contribution in [2.75, 3.05) is 6.54 Å². The van der Waals surface area contributed by atoms with Crippen molar-refractivity contribution in [3.05, 3.63) is 47.4 Å². The number of aromatic nitrogens is 2. The lowest BCUT2D eigenvalue weighted by Crippen LogP contribution is -2.40. The van der Waals surface area contributed by atoms with E-state index >= 15 is 0 Å². The highest BCUT2D eigenvalue weighted by Crippen LogP contribution is 2.39. The Balaban J connectivity index is 1.96. The van der Waals surface area contributed by atoms with Gasteiger partial charge in [-0.1, -0.05) is 0 Å². The molecule has 0 N–H and O–H groups in total. The van der Waals surface area contributed by atoms with Crippen LogP contribution < -0.4 is 0 Å². The van der Waals surface area contributed by atoms with E-state index in [1.165, 1.54) is 0 Å². The van der Waals surface area contributed by atoms with Gasteiger partial charge in [-0.25, -0.2) is 9.97 Å². The van der Waals surface area contributed by atoms with Gasteiger partial charge in [0.2, 0.25) is 0 Å². The minimum Gasteiger partial charge on any atom is -0.468 e. The first-order valence-corrected chi connectivity index (χ1v) is 7.50. The lowest BCUT2D eigenvalue weighted by molar-refractivity contribution is -0.141. The summed E-state index contributed by atoms with van der Waals surface area (Å²) < 4.78 is 44.5. The summed E-state index contributed by atoms with van der Waals surface area (Å²) in [6, 6.07) is 4.64. The van der Waals surface area contributed by atoms with Crippen molar-refractivity contribution < 1.29 is 17.6 Å². The van der Waals surface area contributed by atoms with Crippen LogP contribution in [0.2, 0.25) is 0 Å². The van der Waals surface area contributed by atoms with Crippen molar-refractivity contribution in [1.29, 1.82) is 0 Å². The second-order valence-electron chi connectivity index (χ2n) is 6.09. The molecule has 7 heteroatoms. The van der Waals surface area contributed by atoms with E-state index in [1.807, 2.05) is 13.0 Å². The Kier molecular flexibility index (Phi) is 3.91. The second-order valence-corrected chi connectivity index (χ2v) is 6.09. The maximum absolute atomic E-state index is 13.0. The van der Waals surface area contributed by atoms with Crippen molar-refractivity contribution in [3.8, 4) is 0 Å². The predicted octanol–water partition coefficient (Wildman–Crippen LogP) is 3.91. The van der Waals surface area contributed by atoms with Gasteiger partial charge in [-0.3, -0.25) is 4.90 Å². The summed E-state index contributed by atoms with van der Waals surface area (Å²) in [4.78, 5) is 10.2. The van der Waals surface area contributed by atoms with Gasteiger partial charge in [-0.05, 0) is 51.4 Å². The number of aryl methyl sites for hydroxylation is 1. The van der Waals surface area contributed by atoms with Crippen LogP contribution in [0, 0.1) is 6.92 Å². The molecule has 0 spiro atoms. The molecule has 2 aromatic heterocycles. The zero-order valence-electron chi connectivity index (χ0n) is 13.0. The lowest BCUT2D eigenvalue weighted by atomic mass is 9.97. The van der Waals surface area contributed by atoms with Crippen LogP contribution >= 0.6 is 0 Å². The Hall–Kier alpha value is -1.89. The Bertz CT molecular complexity index is 684. The molecule has 3 rings (SSSR count). The molecule has 0 bridgehead atoms. The first-order valence-electron chi connectivity index (χ1n) is 7.50. The molecule has 0 aliphatic carbocycles. The molecule has 0 unspecified atom stereocenters. The molecule has 1 fully saturated rings. The van der Waals surface area contributed by atoms with Crippen LogP contribution in [0.4, 0.5) is 13.2 Å². The van der Waals surface area contributed by atoms with Crippen LogP contribution in [0.3, 0.4) is 0 Å². The van der Waals surface area contributed by atoms with E-state index in [0.29, 0.717) is 18.7 Å². The lowest BCUT2D eigenvalue weighted by Gasteiger charge is -2.33. The molecule has 0 aromatic carbocycles. The Morgan fingerprint density at radius 2 is 2.13 bits per heavy atom. The summed E-state index contributed by atoms with van der Waals surface area (Å²) in [5.74, 6) is 1.01. The first kappa shape index (κ1) is 16.0. The van der Waals surface area contributed by atoms with Gasteiger partial charge in [0.05, 0.1) is 18.3 Å². The Morgan fingerprint density at radius 3 is 2.78 bits per heavy atom. The maximum Gasteiger partial charge on any atom is 0.433 e. The SMILES string of the molecule is Cc1cc(C(F)(F)F)nc([C@@]2(C)CCCN2Cc2ccco2)n1. The highest BCUT2D eigenvalue weighted by Gasteiger charge is 2.43. The van der Waals surface area contributed by atoms with E-state index < -0.39 is 17.4 Å². The molecule has 1 atom stereocenters. The number of likely N-dealkylation sites (tertiary alicyclic amines) is 1. The van der Waals surface area contributed by atoms with Gasteiger partial charge in [-0.15, -0.1) is 0 Å². The number of hydrogen-bond donors (Lipinski definition) is 0. The van der Waals surface area contributed by atoms with Gasteiger partial charge >= 0.3 is 6.18 Å². The van der Waals surface area contributed by atoms with Crippen molar-refractivity contribution in [2.24, 2.45) is 0 Å². The van der Waals surface area contributed by atoms with Crippen molar-refractivity contribution in [3.63, 3.8) is 0 Å². The molecular weight excluding hydrogens is 307 g/mol. The number of nitrogens with zero attached hydrogens (tertiary/aromatic N) is 3. The summed E-state index contributed by atoms with van der Waals surface area (Å²) in [5.41, 5.74) is -1.18. The molecule has 23 heavy (non-hydrogen) atoms. The van der Waals surface area contributed by atoms with E-state index in [0.717, 1.165) is 24.8 Å². The zero-order chi connectivity index (χ0) is 16.7. The number of hydrogen-bond acceptors (Lipinski definition) is 4. The van der Waals surface area contributed by atoms with Crippen molar-refractivity contribution in [2.45, 2.75) is 44.9 Å². The molecule has 2 aromatic rings. The van der Waals surface area contributed by atoms with Crippen LogP contribution in [0.25, 0.3) is 0 Å². The molecular formula is C16H18F3N3O. The number of halogens is 3. The fraction of sp³-hybridized carbons (Fsp3) is 0.500. The summed E-state index contributed by atoms with van der Waals surface area (Å²) >= 11 is 0. The Morgan fingerprint density at radius 1 is 1.35 bits per heavy atom. The van der Waals surface area contributed by atoms with Crippen molar-refractivity contribution >= 4 is 0 Å². The summed E-state index contributed by atoms with van der Waals surface area (Å²) in [6.07, 6.45) is -1.28. The highest BCUT2D eigenvalue weighted by molar-refractivity contribution is 5.18. The molecule has 0 radical (unpaired) electrons. The quantitative estimate of drug-likeness (QED) is 0.858. The molecule has 0 amide bonds. The molecule has 0 saturated carbocycles. The minimum atomic E-state index is -4.47. The van der Waals surface area contributed by atoms with Gasteiger partial charge in [0.15, 0.2) is 0 Å².